The molecule has 1 fully saturated rings. The number of anilines is 1. The van der Waals surface area contributed by atoms with Gasteiger partial charge in [-0.05, 0) is 60.4 Å². The Morgan fingerprint density at radius 1 is 1.12 bits per heavy atom. The number of likely N-dealkylation sites (tertiary alicyclic amines) is 1. The van der Waals surface area contributed by atoms with Gasteiger partial charge in [-0.3, -0.25) is 4.40 Å². The van der Waals surface area contributed by atoms with Crippen molar-refractivity contribution < 1.29 is 9.53 Å². The van der Waals surface area contributed by atoms with Crippen molar-refractivity contribution in [3.05, 3.63) is 94.5 Å². The summed E-state index contributed by atoms with van der Waals surface area (Å²) in [5, 5.41) is 7.40. The summed E-state index contributed by atoms with van der Waals surface area (Å²) in [4.78, 5) is 27.5. The number of pyridine rings is 1. The number of fused-ring (bicyclic) bond motifs is 1. The van der Waals surface area contributed by atoms with Gasteiger partial charge in [0, 0.05) is 18.4 Å². The van der Waals surface area contributed by atoms with E-state index in [0.717, 1.165) is 29.7 Å². The maximum atomic E-state index is 13.1. The molecule has 8 heteroatoms. The zero-order valence-electron chi connectivity index (χ0n) is 18.3. The van der Waals surface area contributed by atoms with Crippen LogP contribution in [0.15, 0.2) is 77.7 Å². The van der Waals surface area contributed by atoms with Crippen LogP contribution in [-0.2, 0) is 6.54 Å². The number of amides is 2. The highest BCUT2D eigenvalue weighted by molar-refractivity contribution is 5.90. The monoisotopic (exact) mass is 443 g/mol. The molecule has 8 nitrogen and oxygen atoms in total. The standard InChI is InChI=1S/C25H25N5O3/c1-33-21-12-10-19(11-13-21)22-8-5-15-28(22)24(31)26-20-7-4-6-18(16-20)17-30-25(32)29-14-3-2-9-23(29)27-30/h2-4,6-7,9-14,16,22H,5,8,15,17H2,1H3,(H,26,31). The first-order chi connectivity index (χ1) is 16.1. The van der Waals surface area contributed by atoms with E-state index in [9.17, 15) is 9.59 Å². The number of aromatic nitrogens is 3. The smallest absolute Gasteiger partial charge is 0.350 e. The molecule has 4 aromatic rings. The number of hydrogen-bond acceptors (Lipinski definition) is 4. The Labute approximate surface area is 191 Å². The van der Waals surface area contributed by atoms with Crippen molar-refractivity contribution >= 4 is 17.4 Å². The fourth-order valence-electron chi connectivity index (χ4n) is 4.37. The maximum Gasteiger partial charge on any atom is 0.350 e. The van der Waals surface area contributed by atoms with Crippen LogP contribution in [0.1, 0.15) is 30.0 Å². The number of carbonyl (C=O) groups is 1. The van der Waals surface area contributed by atoms with Crippen molar-refractivity contribution in [2.24, 2.45) is 0 Å². The quantitative estimate of drug-likeness (QED) is 0.507. The Balaban J connectivity index is 1.31. The lowest BCUT2D eigenvalue weighted by molar-refractivity contribution is 0.207. The van der Waals surface area contributed by atoms with Crippen molar-refractivity contribution in [3.63, 3.8) is 0 Å². The van der Waals surface area contributed by atoms with Crippen LogP contribution in [0.3, 0.4) is 0 Å². The zero-order valence-corrected chi connectivity index (χ0v) is 18.3. The molecule has 0 spiro atoms. The maximum absolute atomic E-state index is 13.1. The van der Waals surface area contributed by atoms with Crippen molar-refractivity contribution in [1.29, 1.82) is 0 Å². The van der Waals surface area contributed by atoms with Crippen LogP contribution in [-0.4, -0.2) is 38.8 Å². The van der Waals surface area contributed by atoms with Crippen LogP contribution in [0.4, 0.5) is 10.5 Å². The molecule has 1 N–H and O–H groups in total. The minimum absolute atomic E-state index is 0.0376. The van der Waals surface area contributed by atoms with Crippen molar-refractivity contribution in [2.75, 3.05) is 19.0 Å². The molecular formula is C25H25N5O3. The lowest BCUT2D eigenvalue weighted by Gasteiger charge is -2.25. The summed E-state index contributed by atoms with van der Waals surface area (Å²) in [7, 11) is 1.64. The van der Waals surface area contributed by atoms with E-state index < -0.39 is 0 Å². The number of rotatable bonds is 5. The Morgan fingerprint density at radius 2 is 1.97 bits per heavy atom. The number of carbonyl (C=O) groups excluding carboxylic acids is 1. The number of benzene rings is 2. The molecule has 1 atom stereocenters. The molecular weight excluding hydrogens is 418 g/mol. The Hall–Kier alpha value is -4.07. The van der Waals surface area contributed by atoms with Gasteiger partial charge in [0.2, 0.25) is 0 Å². The predicted molar refractivity (Wildman–Crippen MR) is 126 cm³/mol. The summed E-state index contributed by atoms with van der Waals surface area (Å²) < 4.78 is 8.18. The van der Waals surface area contributed by atoms with Crippen LogP contribution in [0.5, 0.6) is 5.75 Å². The Kier molecular flexibility index (Phi) is 5.56. The molecule has 2 aromatic carbocycles. The normalized spacial score (nSPS) is 15.7. The average Bonchev–Trinajstić information content (AvgIpc) is 3.45. The van der Waals surface area contributed by atoms with Crippen molar-refractivity contribution in [3.8, 4) is 5.75 Å². The van der Waals surface area contributed by atoms with E-state index in [4.69, 9.17) is 4.74 Å². The predicted octanol–water partition coefficient (Wildman–Crippen LogP) is 3.92. The van der Waals surface area contributed by atoms with Gasteiger partial charge in [-0.2, -0.15) is 0 Å². The molecule has 0 saturated carbocycles. The van der Waals surface area contributed by atoms with Gasteiger partial charge < -0.3 is 15.0 Å². The van der Waals surface area contributed by atoms with Gasteiger partial charge >= 0.3 is 11.7 Å². The highest BCUT2D eigenvalue weighted by Gasteiger charge is 2.30. The molecule has 0 bridgehead atoms. The molecule has 0 radical (unpaired) electrons. The molecule has 3 heterocycles. The summed E-state index contributed by atoms with van der Waals surface area (Å²) in [6.45, 7) is 1.03. The lowest BCUT2D eigenvalue weighted by atomic mass is 10.0. The van der Waals surface area contributed by atoms with E-state index in [1.165, 1.54) is 9.08 Å². The van der Waals surface area contributed by atoms with E-state index >= 15 is 0 Å². The highest BCUT2D eigenvalue weighted by atomic mass is 16.5. The third kappa shape index (κ3) is 4.19. The van der Waals surface area contributed by atoms with Crippen LogP contribution >= 0.6 is 0 Å². The second-order valence-electron chi connectivity index (χ2n) is 8.12. The molecule has 1 aliphatic rings. The summed E-state index contributed by atoms with van der Waals surface area (Å²) in [6.07, 6.45) is 3.59. The molecule has 1 unspecified atom stereocenters. The van der Waals surface area contributed by atoms with E-state index in [1.807, 2.05) is 59.5 Å². The Bertz CT molecular complexity index is 1340. The van der Waals surface area contributed by atoms with E-state index in [1.54, 1.807) is 25.4 Å². The Morgan fingerprint density at radius 3 is 2.76 bits per heavy atom. The molecule has 1 saturated heterocycles. The second kappa shape index (κ2) is 8.82. The first-order valence-corrected chi connectivity index (χ1v) is 11.0. The molecule has 0 aliphatic carbocycles. The van der Waals surface area contributed by atoms with Gasteiger partial charge in [-0.15, -0.1) is 5.10 Å². The van der Waals surface area contributed by atoms with Crippen LogP contribution < -0.4 is 15.7 Å². The number of methoxy groups -OCH3 is 1. The number of ether oxygens (including phenoxy) is 1. The SMILES string of the molecule is COc1ccc(C2CCCN2C(=O)Nc2cccc(Cn3nc4ccccn4c3=O)c2)cc1. The number of nitrogens with one attached hydrogen (secondary N) is 1. The van der Waals surface area contributed by atoms with Crippen LogP contribution in [0.25, 0.3) is 5.65 Å². The molecule has 5 rings (SSSR count). The fraction of sp³-hybridized carbons (Fsp3) is 0.240. The van der Waals surface area contributed by atoms with Gasteiger partial charge in [-0.25, -0.2) is 14.3 Å². The minimum atomic E-state index is -0.195. The van der Waals surface area contributed by atoms with E-state index in [0.29, 0.717) is 24.4 Å². The minimum Gasteiger partial charge on any atom is -0.497 e. The summed E-state index contributed by atoms with van der Waals surface area (Å²) in [5.74, 6) is 0.800. The molecule has 2 aromatic heterocycles. The van der Waals surface area contributed by atoms with Gasteiger partial charge in [0.05, 0.1) is 19.7 Å². The summed E-state index contributed by atoms with van der Waals surface area (Å²) >= 11 is 0. The molecule has 168 valence electrons. The van der Waals surface area contributed by atoms with Gasteiger partial charge in [0.25, 0.3) is 0 Å². The molecule has 2 amide bonds. The topological polar surface area (TPSA) is 80.9 Å². The first-order valence-electron chi connectivity index (χ1n) is 11.0. The summed E-state index contributed by atoms with van der Waals surface area (Å²) in [5.41, 5.74) is 3.08. The second-order valence-corrected chi connectivity index (χ2v) is 8.12. The van der Waals surface area contributed by atoms with Gasteiger partial charge in [-0.1, -0.05) is 30.3 Å². The highest BCUT2D eigenvalue weighted by Crippen LogP contribution is 2.33. The first kappa shape index (κ1) is 20.8. The van der Waals surface area contributed by atoms with E-state index in [-0.39, 0.29) is 17.8 Å². The van der Waals surface area contributed by atoms with E-state index in [2.05, 4.69) is 10.4 Å². The number of hydrogen-bond donors (Lipinski definition) is 1. The molecule has 1 aliphatic heterocycles. The van der Waals surface area contributed by atoms with Gasteiger partial charge in [0.15, 0.2) is 5.65 Å². The third-order valence-corrected chi connectivity index (χ3v) is 6.01. The van der Waals surface area contributed by atoms with Crippen LogP contribution in [0, 0.1) is 0 Å². The van der Waals surface area contributed by atoms with Gasteiger partial charge in [0.1, 0.15) is 5.75 Å². The third-order valence-electron chi connectivity index (χ3n) is 6.01. The average molecular weight is 444 g/mol. The summed E-state index contributed by atoms with van der Waals surface area (Å²) in [6, 6.07) is 20.8. The number of nitrogens with zero attached hydrogens (tertiary/aromatic N) is 4. The number of urea groups is 1. The van der Waals surface area contributed by atoms with Crippen molar-refractivity contribution in [1.82, 2.24) is 19.1 Å². The van der Waals surface area contributed by atoms with Crippen molar-refractivity contribution in [2.45, 2.75) is 25.4 Å². The molecule has 33 heavy (non-hydrogen) atoms. The largest absolute Gasteiger partial charge is 0.497 e. The zero-order chi connectivity index (χ0) is 22.8. The lowest BCUT2D eigenvalue weighted by Crippen LogP contribution is -2.34. The van der Waals surface area contributed by atoms with Crippen LogP contribution in [0.2, 0.25) is 0 Å². The fourth-order valence-corrected chi connectivity index (χ4v) is 4.37.